The van der Waals surface area contributed by atoms with Gasteiger partial charge in [0.1, 0.15) is 11.4 Å². The summed E-state index contributed by atoms with van der Waals surface area (Å²) in [6, 6.07) is 7.30. The van der Waals surface area contributed by atoms with Crippen LogP contribution in [0.5, 0.6) is 5.75 Å². The molecule has 0 aliphatic rings. The summed E-state index contributed by atoms with van der Waals surface area (Å²) in [5.41, 5.74) is 0.418. The Hall–Kier alpha value is -1.75. The molecule has 5 nitrogen and oxygen atoms in total. The summed E-state index contributed by atoms with van der Waals surface area (Å²) >= 11 is 0. The van der Waals surface area contributed by atoms with Crippen molar-refractivity contribution in [1.82, 2.24) is 5.32 Å². The maximum atomic E-state index is 11.9. The van der Waals surface area contributed by atoms with E-state index in [9.17, 15) is 4.79 Å². The number of methoxy groups -OCH3 is 1. The lowest BCUT2D eigenvalue weighted by molar-refractivity contribution is 0.0498. The van der Waals surface area contributed by atoms with Crippen LogP contribution in [-0.4, -0.2) is 30.5 Å². The molecule has 1 atom stereocenters. The Bertz CT molecular complexity index is 437. The molecule has 1 rings (SSSR count). The van der Waals surface area contributed by atoms with Crippen LogP contribution in [0.1, 0.15) is 45.2 Å². The lowest BCUT2D eigenvalue weighted by Gasteiger charge is -2.24. The number of carbonyl (C=O) groups is 1. The summed E-state index contributed by atoms with van der Waals surface area (Å²) in [5.74, 6) is 0.761. The van der Waals surface area contributed by atoms with Gasteiger partial charge < -0.3 is 19.9 Å². The fourth-order valence-corrected chi connectivity index (χ4v) is 1.90. The van der Waals surface area contributed by atoms with Gasteiger partial charge in [-0.05, 0) is 51.3 Å². The average molecular weight is 295 g/mol. The molecule has 0 heterocycles. The van der Waals surface area contributed by atoms with Gasteiger partial charge in [-0.2, -0.15) is 0 Å². The Morgan fingerprint density at radius 2 is 1.90 bits per heavy atom. The van der Waals surface area contributed by atoms with E-state index in [1.165, 1.54) is 0 Å². The maximum absolute atomic E-state index is 11.9. The van der Waals surface area contributed by atoms with E-state index in [-0.39, 0.29) is 12.6 Å². The van der Waals surface area contributed by atoms with Gasteiger partial charge in [-0.1, -0.05) is 12.1 Å². The normalized spacial score (nSPS) is 12.6. The molecule has 5 heteroatoms. The van der Waals surface area contributed by atoms with Crippen LogP contribution in [0.3, 0.4) is 0 Å². The molecule has 0 spiro atoms. The largest absolute Gasteiger partial charge is 0.497 e. The van der Waals surface area contributed by atoms with E-state index >= 15 is 0 Å². The fraction of sp³-hybridized carbons (Fsp3) is 0.562. The molecule has 0 radical (unpaired) electrons. The van der Waals surface area contributed by atoms with Gasteiger partial charge in [0.15, 0.2) is 0 Å². The molecule has 0 saturated heterocycles. The van der Waals surface area contributed by atoms with Crippen molar-refractivity contribution in [3.8, 4) is 5.75 Å². The van der Waals surface area contributed by atoms with E-state index in [2.05, 4.69) is 5.32 Å². The molecule has 0 unspecified atom stereocenters. The molecule has 0 aromatic heterocycles. The minimum Gasteiger partial charge on any atom is -0.497 e. The van der Waals surface area contributed by atoms with Gasteiger partial charge in [0.2, 0.25) is 0 Å². The summed E-state index contributed by atoms with van der Waals surface area (Å²) < 4.78 is 10.4. The van der Waals surface area contributed by atoms with Crippen LogP contribution in [0, 0.1) is 0 Å². The van der Waals surface area contributed by atoms with Gasteiger partial charge in [0.05, 0.1) is 13.2 Å². The molecule has 0 aliphatic carbocycles. The zero-order valence-corrected chi connectivity index (χ0v) is 13.2. The van der Waals surface area contributed by atoms with Crippen molar-refractivity contribution in [3.63, 3.8) is 0 Å². The molecule has 0 saturated carbocycles. The van der Waals surface area contributed by atoms with E-state index in [0.29, 0.717) is 12.8 Å². The number of ether oxygens (including phenoxy) is 2. The van der Waals surface area contributed by atoms with Gasteiger partial charge in [0, 0.05) is 6.61 Å². The van der Waals surface area contributed by atoms with Crippen molar-refractivity contribution in [1.29, 1.82) is 0 Å². The van der Waals surface area contributed by atoms with Crippen LogP contribution >= 0.6 is 0 Å². The topological polar surface area (TPSA) is 67.8 Å². The van der Waals surface area contributed by atoms with Crippen LogP contribution in [-0.2, 0) is 4.74 Å². The number of aliphatic hydroxyl groups excluding tert-OH is 1. The average Bonchev–Trinajstić information content (AvgIpc) is 2.41. The van der Waals surface area contributed by atoms with Gasteiger partial charge in [-0.15, -0.1) is 0 Å². The number of alkyl carbamates (subject to hydrolysis) is 1. The van der Waals surface area contributed by atoms with Crippen molar-refractivity contribution < 1.29 is 19.4 Å². The standard InChI is InChI=1S/C16H25NO4/c1-16(2,3)21-15(19)17-14(6-5-11-18)12-7-9-13(20-4)10-8-12/h7-10,14,18H,5-6,11H2,1-4H3,(H,17,19)/t14-/m0/s1. The highest BCUT2D eigenvalue weighted by molar-refractivity contribution is 5.68. The number of hydrogen-bond donors (Lipinski definition) is 2. The molecule has 1 aromatic rings. The fourth-order valence-electron chi connectivity index (χ4n) is 1.90. The molecule has 0 aliphatic heterocycles. The molecule has 21 heavy (non-hydrogen) atoms. The second-order valence-electron chi connectivity index (χ2n) is 5.84. The third kappa shape index (κ3) is 6.49. The first-order valence-corrected chi connectivity index (χ1v) is 7.10. The lowest BCUT2D eigenvalue weighted by atomic mass is 10.0. The predicted octanol–water partition coefficient (Wildman–Crippen LogP) is 3.03. The molecular formula is C16H25NO4. The Morgan fingerprint density at radius 3 is 2.38 bits per heavy atom. The number of benzene rings is 1. The van der Waals surface area contributed by atoms with Gasteiger partial charge in [0.25, 0.3) is 0 Å². The van der Waals surface area contributed by atoms with E-state index in [4.69, 9.17) is 14.6 Å². The summed E-state index contributed by atoms with van der Waals surface area (Å²) in [5, 5.41) is 11.8. The second kappa shape index (κ2) is 7.88. The first-order chi connectivity index (χ1) is 9.85. The third-order valence-electron chi connectivity index (χ3n) is 2.86. The van der Waals surface area contributed by atoms with Crippen LogP contribution in [0.2, 0.25) is 0 Å². The molecule has 118 valence electrons. The monoisotopic (exact) mass is 295 g/mol. The number of amides is 1. The van der Waals surface area contributed by atoms with Crippen LogP contribution in [0.25, 0.3) is 0 Å². The van der Waals surface area contributed by atoms with Crippen molar-refractivity contribution in [2.75, 3.05) is 13.7 Å². The van der Waals surface area contributed by atoms with Crippen molar-refractivity contribution in [2.24, 2.45) is 0 Å². The minimum absolute atomic E-state index is 0.0860. The third-order valence-corrected chi connectivity index (χ3v) is 2.86. The number of carbonyl (C=O) groups excluding carboxylic acids is 1. The number of aliphatic hydroxyl groups is 1. The highest BCUT2D eigenvalue weighted by Crippen LogP contribution is 2.22. The smallest absolute Gasteiger partial charge is 0.408 e. The van der Waals surface area contributed by atoms with E-state index < -0.39 is 11.7 Å². The first kappa shape index (κ1) is 17.3. The molecule has 0 bridgehead atoms. The van der Waals surface area contributed by atoms with E-state index in [1.807, 2.05) is 45.0 Å². The van der Waals surface area contributed by atoms with Crippen LogP contribution in [0.4, 0.5) is 4.79 Å². The summed E-state index contributed by atoms with van der Waals surface area (Å²) in [6.45, 7) is 5.55. The zero-order chi connectivity index (χ0) is 15.9. The predicted molar refractivity (Wildman–Crippen MR) is 81.4 cm³/mol. The molecule has 0 fully saturated rings. The van der Waals surface area contributed by atoms with Gasteiger partial charge in [-0.25, -0.2) is 4.79 Å². The van der Waals surface area contributed by atoms with E-state index in [1.54, 1.807) is 7.11 Å². The van der Waals surface area contributed by atoms with Crippen LogP contribution in [0.15, 0.2) is 24.3 Å². The number of rotatable bonds is 6. The van der Waals surface area contributed by atoms with Crippen molar-refractivity contribution >= 4 is 6.09 Å². The molecule has 2 N–H and O–H groups in total. The number of hydrogen-bond acceptors (Lipinski definition) is 4. The maximum Gasteiger partial charge on any atom is 0.408 e. The van der Waals surface area contributed by atoms with Gasteiger partial charge in [-0.3, -0.25) is 0 Å². The number of nitrogens with one attached hydrogen (secondary N) is 1. The molecule has 1 amide bonds. The molecule has 1 aromatic carbocycles. The highest BCUT2D eigenvalue weighted by atomic mass is 16.6. The second-order valence-corrected chi connectivity index (χ2v) is 5.84. The Balaban J connectivity index is 2.76. The Kier molecular flexibility index (Phi) is 6.49. The quantitative estimate of drug-likeness (QED) is 0.846. The minimum atomic E-state index is -0.536. The Labute approximate surface area is 126 Å². The SMILES string of the molecule is COc1ccc([C@H](CCCO)NC(=O)OC(C)(C)C)cc1. The van der Waals surface area contributed by atoms with Crippen LogP contribution < -0.4 is 10.1 Å². The van der Waals surface area contributed by atoms with E-state index in [0.717, 1.165) is 11.3 Å². The van der Waals surface area contributed by atoms with Crippen molar-refractivity contribution in [2.45, 2.75) is 45.3 Å². The Morgan fingerprint density at radius 1 is 1.29 bits per heavy atom. The van der Waals surface area contributed by atoms with Gasteiger partial charge >= 0.3 is 6.09 Å². The first-order valence-electron chi connectivity index (χ1n) is 7.10. The summed E-state index contributed by atoms with van der Waals surface area (Å²) in [7, 11) is 1.61. The zero-order valence-electron chi connectivity index (χ0n) is 13.2. The van der Waals surface area contributed by atoms with Crippen molar-refractivity contribution in [3.05, 3.63) is 29.8 Å². The highest BCUT2D eigenvalue weighted by Gasteiger charge is 2.20. The summed E-state index contributed by atoms with van der Waals surface area (Å²) in [6.07, 6.45) is 0.787. The summed E-state index contributed by atoms with van der Waals surface area (Å²) in [4.78, 5) is 11.9. The molecular weight excluding hydrogens is 270 g/mol. The lowest BCUT2D eigenvalue weighted by Crippen LogP contribution is -2.35.